The number of aliphatic hydroxyl groups is 1. The Labute approximate surface area is 443 Å². The minimum absolute atomic E-state index is 0.0362. The number of fused-ring (bicyclic) bond motifs is 1. The summed E-state index contributed by atoms with van der Waals surface area (Å²) in [6.07, 6.45) is 2.31. The standard InChI is InChI=1S/C50H71N17O10/c1-28(68)61-34(14-8-20-57-49(51)52)42(70)62-35-15-7-19-56-41(69)18-17-37(48(76)77)64-46(74)39(23-30-25-59-33-13-6-5-12-32(30)33)66-43(71)36(16-9-21-58-50(53)54)63-45(73)38(22-29-10-3-2-4-11-29)65-47(75)40(67-44(35)72)24-31-26-55-27-60-31/h2-6,10-13,25-27,34-40,42,59,62,70H,7-9,14-24H2,1H3,(H,55,60)(H,56,69)(H,61,68)(H,63,73)(H,64,74)(H,65,75)(H,66,71)(H,67,72)(H,76,77)(H4,51,52,57)(H4,53,54,58)/t34-,35-,36-,37-,38+,39-,40-,42?/m0/s1. The molecule has 0 aliphatic carbocycles. The Morgan fingerprint density at radius 1 is 0.740 bits per heavy atom. The van der Waals surface area contributed by atoms with Crippen molar-refractivity contribution in [1.82, 2.24) is 57.5 Å². The van der Waals surface area contributed by atoms with Crippen LogP contribution in [-0.4, -0.2) is 153 Å². The van der Waals surface area contributed by atoms with E-state index < -0.39 is 95.8 Å². The molecule has 8 atom stereocenters. The second-order valence-electron chi connectivity index (χ2n) is 18.6. The van der Waals surface area contributed by atoms with Crippen molar-refractivity contribution in [2.75, 3.05) is 19.6 Å². The highest BCUT2D eigenvalue weighted by Gasteiger charge is 2.35. The fraction of sp³-hybridized carbons (Fsp3) is 0.460. The normalized spacial score (nSPS) is 21.4. The minimum Gasteiger partial charge on any atom is -0.480 e. The summed E-state index contributed by atoms with van der Waals surface area (Å²) in [5.41, 5.74) is 24.4. The summed E-state index contributed by atoms with van der Waals surface area (Å²) in [6, 6.07) is 6.40. The zero-order chi connectivity index (χ0) is 55.9. The van der Waals surface area contributed by atoms with Gasteiger partial charge in [0.1, 0.15) is 36.4 Å². The van der Waals surface area contributed by atoms with Gasteiger partial charge in [-0.15, -0.1) is 0 Å². The lowest BCUT2D eigenvalue weighted by Gasteiger charge is -2.30. The van der Waals surface area contributed by atoms with Gasteiger partial charge in [0.05, 0.1) is 18.4 Å². The molecular formula is C50H71N17O10. The van der Waals surface area contributed by atoms with Crippen molar-refractivity contribution in [3.63, 3.8) is 0 Å². The van der Waals surface area contributed by atoms with Gasteiger partial charge in [-0.1, -0.05) is 48.5 Å². The number of carboxylic acid groups (broad SMARTS) is 1. The number of imidazole rings is 1. The first-order chi connectivity index (χ1) is 36.9. The molecule has 1 saturated heterocycles. The largest absolute Gasteiger partial charge is 0.480 e. The Morgan fingerprint density at radius 2 is 1.35 bits per heavy atom. The lowest BCUT2D eigenvalue weighted by Crippen LogP contribution is -2.61. The molecule has 0 saturated carbocycles. The van der Waals surface area contributed by atoms with Crippen molar-refractivity contribution in [3.05, 3.63) is 90.1 Å². The van der Waals surface area contributed by atoms with Crippen LogP contribution in [0.5, 0.6) is 0 Å². The number of hydrogen-bond donors (Lipinski definition) is 16. The van der Waals surface area contributed by atoms with Crippen LogP contribution in [0.25, 0.3) is 10.9 Å². The summed E-state index contributed by atoms with van der Waals surface area (Å²) < 4.78 is 0. The Balaban J connectivity index is 1.54. The van der Waals surface area contributed by atoms with Crippen LogP contribution in [0.2, 0.25) is 0 Å². The van der Waals surface area contributed by atoms with Crippen LogP contribution >= 0.6 is 0 Å². The van der Waals surface area contributed by atoms with Gasteiger partial charge >= 0.3 is 5.97 Å². The molecule has 20 N–H and O–H groups in total. The van der Waals surface area contributed by atoms with Crippen molar-refractivity contribution in [3.8, 4) is 0 Å². The van der Waals surface area contributed by atoms with Crippen LogP contribution in [-0.2, 0) is 57.6 Å². The Hall–Kier alpha value is -8.59. The number of rotatable bonds is 19. The van der Waals surface area contributed by atoms with Gasteiger partial charge < -0.3 is 80.3 Å². The van der Waals surface area contributed by atoms with E-state index in [9.17, 15) is 48.6 Å². The SMILES string of the molecule is CC(=O)N[C@@H](CCCN=C(N)N)C(O)N[C@H]1CCCNC(=O)CC[C@@H](C(=O)O)NC(=O)[C@H](Cc2c[nH]c3ccccc23)NC(=O)[C@H](CCCN=C(N)N)NC(=O)[C@@H](Cc2ccccc2)NC(=O)[C@H](Cc2cnc[nH]2)NC1=O. The molecule has 1 unspecified atom stereocenters. The van der Waals surface area contributed by atoms with Crippen LogP contribution in [0, 0.1) is 0 Å². The topological polar surface area (TPSA) is 447 Å². The number of hydrogen-bond acceptors (Lipinski definition) is 13. The number of nitrogens with one attached hydrogen (secondary N) is 10. The second-order valence-corrected chi connectivity index (χ2v) is 18.6. The number of carboxylic acids is 1. The first kappa shape index (κ1) is 59.3. The molecule has 7 amide bonds. The molecule has 77 heavy (non-hydrogen) atoms. The number of carbonyl (C=O) groups is 8. The van der Waals surface area contributed by atoms with E-state index in [4.69, 9.17) is 22.9 Å². The number of carbonyl (C=O) groups excluding carboxylic acids is 7. The summed E-state index contributed by atoms with van der Waals surface area (Å²) in [6.45, 7) is 1.41. The summed E-state index contributed by atoms with van der Waals surface area (Å²) in [5.74, 6) is -7.10. The Bertz CT molecular complexity index is 2670. The van der Waals surface area contributed by atoms with E-state index in [1.165, 1.54) is 19.4 Å². The number of aliphatic imine (C=N–C) groups is 2. The fourth-order valence-corrected chi connectivity index (χ4v) is 8.61. The van der Waals surface area contributed by atoms with Gasteiger partial charge in [-0.05, 0) is 62.1 Å². The van der Waals surface area contributed by atoms with E-state index in [2.05, 4.69) is 67.5 Å². The first-order valence-electron chi connectivity index (χ1n) is 25.3. The Kier molecular flexibility index (Phi) is 23.2. The van der Waals surface area contributed by atoms with Crippen molar-refractivity contribution in [2.45, 2.75) is 126 Å². The summed E-state index contributed by atoms with van der Waals surface area (Å²) in [4.78, 5) is 129. The maximum Gasteiger partial charge on any atom is 0.326 e. The van der Waals surface area contributed by atoms with Gasteiger partial charge in [-0.2, -0.15) is 0 Å². The summed E-state index contributed by atoms with van der Waals surface area (Å²) in [5, 5.41) is 44.2. The number of benzene rings is 2. The van der Waals surface area contributed by atoms with Crippen LogP contribution in [0.1, 0.15) is 75.1 Å². The minimum atomic E-state index is -1.60. The van der Waals surface area contributed by atoms with E-state index in [0.717, 1.165) is 10.9 Å². The third-order valence-electron chi connectivity index (χ3n) is 12.5. The van der Waals surface area contributed by atoms with Gasteiger partial charge in [-0.3, -0.25) is 48.9 Å². The van der Waals surface area contributed by atoms with Crippen molar-refractivity contribution < 1.29 is 48.6 Å². The van der Waals surface area contributed by atoms with Crippen molar-refractivity contribution in [1.29, 1.82) is 0 Å². The molecule has 1 aliphatic rings. The van der Waals surface area contributed by atoms with Crippen LogP contribution < -0.4 is 65.5 Å². The second kappa shape index (κ2) is 30.1. The number of guanidine groups is 2. The fourth-order valence-electron chi connectivity index (χ4n) is 8.61. The molecule has 0 bridgehead atoms. The molecule has 4 aromatic rings. The quantitative estimate of drug-likeness (QED) is 0.0193. The van der Waals surface area contributed by atoms with E-state index in [0.29, 0.717) is 23.2 Å². The number of nitrogens with zero attached hydrogens (tertiary/aromatic N) is 3. The number of para-hydroxylation sites is 1. The molecule has 1 fully saturated rings. The Morgan fingerprint density at radius 3 is 2.01 bits per heavy atom. The molecule has 3 heterocycles. The van der Waals surface area contributed by atoms with Gasteiger partial charge in [-0.25, -0.2) is 9.78 Å². The third-order valence-corrected chi connectivity index (χ3v) is 12.5. The average molecular weight is 1070 g/mol. The number of H-pyrrole nitrogens is 2. The highest BCUT2D eigenvalue weighted by atomic mass is 16.4. The predicted molar refractivity (Wildman–Crippen MR) is 284 cm³/mol. The van der Waals surface area contributed by atoms with Crippen LogP contribution in [0.4, 0.5) is 0 Å². The molecule has 0 radical (unpaired) electrons. The van der Waals surface area contributed by atoms with Gasteiger partial charge in [0, 0.05) is 81.2 Å². The smallest absolute Gasteiger partial charge is 0.326 e. The van der Waals surface area contributed by atoms with E-state index in [1.807, 2.05) is 12.1 Å². The first-order valence-corrected chi connectivity index (χ1v) is 25.3. The maximum absolute atomic E-state index is 14.7. The highest BCUT2D eigenvalue weighted by molar-refractivity contribution is 5.97. The third kappa shape index (κ3) is 19.9. The van der Waals surface area contributed by atoms with E-state index >= 15 is 0 Å². The molecule has 416 valence electrons. The van der Waals surface area contributed by atoms with Crippen LogP contribution in [0.15, 0.2) is 83.3 Å². The molecule has 1 aliphatic heterocycles. The van der Waals surface area contributed by atoms with Crippen LogP contribution in [0.3, 0.4) is 0 Å². The molecule has 2 aromatic carbocycles. The zero-order valence-corrected chi connectivity index (χ0v) is 42.8. The van der Waals surface area contributed by atoms with E-state index in [-0.39, 0.29) is 95.8 Å². The summed E-state index contributed by atoms with van der Waals surface area (Å²) in [7, 11) is 0. The van der Waals surface area contributed by atoms with Gasteiger partial charge in [0.15, 0.2) is 11.9 Å². The van der Waals surface area contributed by atoms with Crippen molar-refractivity contribution >= 4 is 70.1 Å². The van der Waals surface area contributed by atoms with Gasteiger partial charge in [0.25, 0.3) is 0 Å². The average Bonchev–Trinajstić information content (AvgIpc) is 4.07. The number of amides is 7. The number of aliphatic hydroxyl groups excluding tert-OH is 1. The van der Waals surface area contributed by atoms with Gasteiger partial charge in [0.2, 0.25) is 41.4 Å². The maximum atomic E-state index is 14.7. The molecule has 27 nitrogen and oxygen atoms in total. The highest BCUT2D eigenvalue weighted by Crippen LogP contribution is 2.20. The number of aromatic nitrogens is 3. The van der Waals surface area contributed by atoms with Crippen molar-refractivity contribution in [2.24, 2.45) is 32.9 Å². The lowest BCUT2D eigenvalue weighted by molar-refractivity contribution is -0.142. The molecule has 2 aromatic heterocycles. The number of aromatic amines is 2. The number of aliphatic carboxylic acids is 1. The molecule has 0 spiro atoms. The zero-order valence-electron chi connectivity index (χ0n) is 42.8. The molecule has 27 heteroatoms. The summed E-state index contributed by atoms with van der Waals surface area (Å²) >= 11 is 0. The predicted octanol–water partition coefficient (Wildman–Crippen LogP) is -2.99. The monoisotopic (exact) mass is 1070 g/mol. The molecule has 5 rings (SSSR count). The molecular weight excluding hydrogens is 999 g/mol. The van der Waals surface area contributed by atoms with E-state index in [1.54, 1.807) is 48.7 Å². The lowest BCUT2D eigenvalue weighted by atomic mass is 10.0. The number of nitrogens with two attached hydrogens (primary N) is 4.